The summed E-state index contributed by atoms with van der Waals surface area (Å²) in [5.41, 5.74) is 8.99. The first kappa shape index (κ1) is 14.0. The second kappa shape index (κ2) is 5.54. The molecule has 0 radical (unpaired) electrons. The highest BCUT2D eigenvalue weighted by Crippen LogP contribution is 2.26. The first-order valence-corrected chi connectivity index (χ1v) is 5.68. The van der Waals surface area contributed by atoms with Gasteiger partial charge in [-0.3, -0.25) is 0 Å². The van der Waals surface area contributed by atoms with E-state index in [4.69, 9.17) is 5.73 Å². The van der Waals surface area contributed by atoms with E-state index >= 15 is 0 Å². The van der Waals surface area contributed by atoms with Crippen molar-refractivity contribution in [3.8, 4) is 0 Å². The fourth-order valence-corrected chi connectivity index (χ4v) is 1.91. The van der Waals surface area contributed by atoms with Crippen LogP contribution in [0.1, 0.15) is 42.0 Å². The second-order valence-electron chi connectivity index (χ2n) is 4.53. The lowest BCUT2D eigenvalue weighted by Crippen LogP contribution is -2.13. The fourth-order valence-electron chi connectivity index (χ4n) is 1.91. The van der Waals surface area contributed by atoms with Crippen molar-refractivity contribution in [2.75, 3.05) is 0 Å². The SMILES string of the molecule is Cc1cc(C)cc(C(N)CCCC(F)(F)F)c1. The third kappa shape index (κ3) is 5.22. The Morgan fingerprint density at radius 1 is 1.12 bits per heavy atom. The zero-order valence-corrected chi connectivity index (χ0v) is 10.1. The number of alkyl halides is 3. The van der Waals surface area contributed by atoms with E-state index in [-0.39, 0.29) is 12.5 Å². The molecule has 0 aliphatic heterocycles. The molecule has 0 fully saturated rings. The number of halogens is 3. The van der Waals surface area contributed by atoms with Gasteiger partial charge >= 0.3 is 6.18 Å². The van der Waals surface area contributed by atoms with Crippen molar-refractivity contribution in [3.63, 3.8) is 0 Å². The summed E-state index contributed by atoms with van der Waals surface area (Å²) in [7, 11) is 0. The Morgan fingerprint density at radius 2 is 1.65 bits per heavy atom. The Balaban J connectivity index is 2.55. The summed E-state index contributed by atoms with van der Waals surface area (Å²) in [6.45, 7) is 3.91. The van der Waals surface area contributed by atoms with Crippen molar-refractivity contribution in [1.29, 1.82) is 0 Å². The van der Waals surface area contributed by atoms with Gasteiger partial charge in [0, 0.05) is 12.5 Å². The fraction of sp³-hybridized carbons (Fsp3) is 0.538. The van der Waals surface area contributed by atoms with Crippen molar-refractivity contribution in [2.45, 2.75) is 45.3 Å². The van der Waals surface area contributed by atoms with Crippen molar-refractivity contribution in [1.82, 2.24) is 0 Å². The van der Waals surface area contributed by atoms with E-state index in [1.807, 2.05) is 32.0 Å². The topological polar surface area (TPSA) is 26.0 Å². The summed E-state index contributed by atoms with van der Waals surface area (Å²) >= 11 is 0. The predicted molar refractivity (Wildman–Crippen MR) is 62.8 cm³/mol. The second-order valence-corrected chi connectivity index (χ2v) is 4.53. The first-order chi connectivity index (χ1) is 7.78. The van der Waals surface area contributed by atoms with E-state index in [1.165, 1.54) is 0 Å². The molecule has 1 unspecified atom stereocenters. The molecule has 96 valence electrons. The van der Waals surface area contributed by atoms with Crippen molar-refractivity contribution < 1.29 is 13.2 Å². The molecule has 0 aliphatic carbocycles. The van der Waals surface area contributed by atoms with Gasteiger partial charge in [0.25, 0.3) is 0 Å². The Hall–Kier alpha value is -1.03. The molecule has 0 amide bonds. The Labute approximate surface area is 99.8 Å². The minimum Gasteiger partial charge on any atom is -0.324 e. The normalized spacial score (nSPS) is 13.8. The Bertz CT molecular complexity index is 351. The molecular weight excluding hydrogens is 227 g/mol. The number of benzene rings is 1. The van der Waals surface area contributed by atoms with Crippen LogP contribution in [0.25, 0.3) is 0 Å². The Morgan fingerprint density at radius 3 is 2.12 bits per heavy atom. The summed E-state index contributed by atoms with van der Waals surface area (Å²) in [6, 6.07) is 5.58. The largest absolute Gasteiger partial charge is 0.389 e. The minimum atomic E-state index is -4.08. The van der Waals surface area contributed by atoms with E-state index in [0.717, 1.165) is 16.7 Å². The lowest BCUT2D eigenvalue weighted by molar-refractivity contribution is -0.135. The summed E-state index contributed by atoms with van der Waals surface area (Å²) in [4.78, 5) is 0. The van der Waals surface area contributed by atoms with Gasteiger partial charge in [-0.1, -0.05) is 29.3 Å². The van der Waals surface area contributed by atoms with Gasteiger partial charge in [-0.25, -0.2) is 0 Å². The molecule has 1 rings (SSSR count). The van der Waals surface area contributed by atoms with Crippen LogP contribution in [0.4, 0.5) is 13.2 Å². The van der Waals surface area contributed by atoms with Crippen LogP contribution in [0, 0.1) is 13.8 Å². The van der Waals surface area contributed by atoms with Gasteiger partial charge < -0.3 is 5.73 Å². The molecule has 0 bridgehead atoms. The number of rotatable bonds is 4. The van der Waals surface area contributed by atoms with Crippen LogP contribution in [-0.2, 0) is 0 Å². The first-order valence-electron chi connectivity index (χ1n) is 5.68. The van der Waals surface area contributed by atoms with E-state index in [9.17, 15) is 13.2 Å². The average molecular weight is 245 g/mol. The molecule has 1 nitrogen and oxygen atoms in total. The van der Waals surface area contributed by atoms with Gasteiger partial charge in [-0.15, -0.1) is 0 Å². The summed E-state index contributed by atoms with van der Waals surface area (Å²) in [5.74, 6) is 0. The van der Waals surface area contributed by atoms with Crippen molar-refractivity contribution in [3.05, 3.63) is 34.9 Å². The number of nitrogens with two attached hydrogens (primary N) is 1. The molecule has 17 heavy (non-hydrogen) atoms. The zero-order chi connectivity index (χ0) is 13.1. The Kier molecular flexibility index (Phi) is 4.57. The minimum absolute atomic E-state index is 0.0810. The molecule has 4 heteroatoms. The van der Waals surface area contributed by atoms with Gasteiger partial charge in [0.1, 0.15) is 0 Å². The summed E-state index contributed by atoms with van der Waals surface area (Å²) < 4.78 is 36.0. The average Bonchev–Trinajstić information content (AvgIpc) is 2.13. The quantitative estimate of drug-likeness (QED) is 0.851. The highest BCUT2D eigenvalue weighted by Gasteiger charge is 2.26. The van der Waals surface area contributed by atoms with E-state index in [1.54, 1.807) is 0 Å². The third-order valence-electron chi connectivity index (χ3n) is 2.65. The van der Waals surface area contributed by atoms with Gasteiger partial charge in [0.05, 0.1) is 0 Å². The summed E-state index contributed by atoms with van der Waals surface area (Å²) in [6.07, 6.45) is -4.40. The monoisotopic (exact) mass is 245 g/mol. The van der Waals surface area contributed by atoms with Crippen LogP contribution >= 0.6 is 0 Å². The molecule has 1 atom stereocenters. The van der Waals surface area contributed by atoms with Crippen molar-refractivity contribution in [2.24, 2.45) is 5.73 Å². The summed E-state index contributed by atoms with van der Waals surface area (Å²) in [5, 5.41) is 0. The van der Waals surface area contributed by atoms with Crippen molar-refractivity contribution >= 4 is 0 Å². The van der Waals surface area contributed by atoms with Crippen LogP contribution in [0.15, 0.2) is 18.2 Å². The van der Waals surface area contributed by atoms with Crippen LogP contribution in [0.2, 0.25) is 0 Å². The molecule has 1 aromatic carbocycles. The van der Waals surface area contributed by atoms with Gasteiger partial charge in [0.15, 0.2) is 0 Å². The van der Waals surface area contributed by atoms with Crippen LogP contribution < -0.4 is 5.73 Å². The smallest absolute Gasteiger partial charge is 0.324 e. The van der Waals surface area contributed by atoms with Gasteiger partial charge in [0.2, 0.25) is 0 Å². The molecule has 0 saturated heterocycles. The lowest BCUT2D eigenvalue weighted by atomic mass is 9.98. The molecule has 0 spiro atoms. The maximum absolute atomic E-state index is 12.0. The zero-order valence-electron chi connectivity index (χ0n) is 10.1. The highest BCUT2D eigenvalue weighted by atomic mass is 19.4. The molecule has 0 saturated carbocycles. The van der Waals surface area contributed by atoms with Gasteiger partial charge in [-0.2, -0.15) is 13.2 Å². The number of hydrogen-bond acceptors (Lipinski definition) is 1. The molecular formula is C13H18F3N. The van der Waals surface area contributed by atoms with Gasteiger partial charge in [-0.05, 0) is 32.3 Å². The maximum atomic E-state index is 12.0. The van der Waals surface area contributed by atoms with Crippen LogP contribution in [0.5, 0.6) is 0 Å². The van der Waals surface area contributed by atoms with Crippen LogP contribution in [-0.4, -0.2) is 6.18 Å². The number of hydrogen-bond donors (Lipinski definition) is 1. The van der Waals surface area contributed by atoms with E-state index < -0.39 is 12.6 Å². The lowest BCUT2D eigenvalue weighted by Gasteiger charge is -2.14. The molecule has 0 heterocycles. The van der Waals surface area contributed by atoms with E-state index in [2.05, 4.69) is 0 Å². The number of aryl methyl sites for hydroxylation is 2. The highest BCUT2D eigenvalue weighted by molar-refractivity contribution is 5.30. The maximum Gasteiger partial charge on any atom is 0.389 e. The van der Waals surface area contributed by atoms with Crippen LogP contribution in [0.3, 0.4) is 0 Å². The molecule has 0 aliphatic rings. The van der Waals surface area contributed by atoms with E-state index in [0.29, 0.717) is 6.42 Å². The third-order valence-corrected chi connectivity index (χ3v) is 2.65. The molecule has 1 aromatic rings. The standard InChI is InChI=1S/C13H18F3N/c1-9-6-10(2)8-11(7-9)12(17)4-3-5-13(14,15)16/h6-8,12H,3-5,17H2,1-2H3. The molecule has 2 N–H and O–H groups in total. The predicted octanol–water partition coefficient (Wildman–Crippen LogP) is 4.04. The molecule has 0 aromatic heterocycles.